The topological polar surface area (TPSA) is 73.3 Å². The highest BCUT2D eigenvalue weighted by Gasteiger charge is 2.26. The van der Waals surface area contributed by atoms with Gasteiger partial charge in [-0.05, 0) is 25.1 Å². The molecule has 2 heterocycles. The van der Waals surface area contributed by atoms with Gasteiger partial charge in [-0.15, -0.1) is 0 Å². The molecule has 0 bridgehead atoms. The minimum absolute atomic E-state index is 0.176. The van der Waals surface area contributed by atoms with Gasteiger partial charge in [0.2, 0.25) is 0 Å². The van der Waals surface area contributed by atoms with Gasteiger partial charge < -0.3 is 10.4 Å². The second-order valence-corrected chi connectivity index (χ2v) is 5.86. The molecule has 0 amide bonds. The summed E-state index contributed by atoms with van der Waals surface area (Å²) in [6.07, 6.45) is 1.78. The predicted octanol–water partition coefficient (Wildman–Crippen LogP) is 3.18. The number of fused-ring (bicyclic) bond motifs is 1. The lowest BCUT2D eigenvalue weighted by Crippen LogP contribution is -2.31. The van der Waals surface area contributed by atoms with Crippen molar-refractivity contribution in [3.05, 3.63) is 64.9 Å². The van der Waals surface area contributed by atoms with E-state index in [9.17, 15) is 10.4 Å². The smallest absolute Gasteiger partial charge is 0.168 e. The molecular weight excluding hydrogens is 312 g/mol. The van der Waals surface area contributed by atoms with E-state index >= 15 is 0 Å². The van der Waals surface area contributed by atoms with Gasteiger partial charge in [-0.1, -0.05) is 35.9 Å². The van der Waals surface area contributed by atoms with Crippen LogP contribution in [0.3, 0.4) is 0 Å². The summed E-state index contributed by atoms with van der Waals surface area (Å²) >= 11 is 6.15. The number of halogens is 1. The predicted molar refractivity (Wildman–Crippen MR) is 89.4 cm³/mol. The Bertz CT molecular complexity index is 895. The Hall–Kier alpha value is -2.55. The van der Waals surface area contributed by atoms with Crippen molar-refractivity contribution in [2.24, 2.45) is 0 Å². The van der Waals surface area contributed by atoms with Gasteiger partial charge in [0.15, 0.2) is 11.5 Å². The monoisotopic (exact) mass is 326 g/mol. The summed E-state index contributed by atoms with van der Waals surface area (Å²) in [6.45, 7) is 1.85. The summed E-state index contributed by atoms with van der Waals surface area (Å²) in [5.41, 5.74) is 0.497. The average molecular weight is 327 g/mol. The first kappa shape index (κ1) is 15.3. The van der Waals surface area contributed by atoms with Crippen LogP contribution in [0.5, 0.6) is 0 Å². The second kappa shape index (κ2) is 5.92. The molecule has 0 fully saturated rings. The number of rotatable bonds is 4. The number of nitrogens with zero attached hydrogens (tertiary/aromatic N) is 3. The zero-order valence-electron chi connectivity index (χ0n) is 12.5. The van der Waals surface area contributed by atoms with Crippen LogP contribution in [-0.2, 0) is 5.60 Å². The van der Waals surface area contributed by atoms with E-state index in [-0.39, 0.29) is 6.54 Å². The Morgan fingerprint density at radius 1 is 1.30 bits per heavy atom. The maximum atomic E-state index is 10.7. The van der Waals surface area contributed by atoms with Crippen molar-refractivity contribution in [2.45, 2.75) is 12.5 Å². The molecule has 0 saturated carbocycles. The third-order valence-electron chi connectivity index (χ3n) is 3.69. The molecule has 0 saturated heterocycles. The summed E-state index contributed by atoms with van der Waals surface area (Å²) in [6, 6.07) is 14.8. The van der Waals surface area contributed by atoms with E-state index in [1.165, 1.54) is 0 Å². The molecule has 0 aliphatic heterocycles. The number of nitriles is 1. The van der Waals surface area contributed by atoms with Crippen LogP contribution in [0.2, 0.25) is 5.02 Å². The van der Waals surface area contributed by atoms with Gasteiger partial charge in [-0.3, -0.25) is 4.40 Å². The number of benzene rings is 1. The lowest BCUT2D eigenvalue weighted by atomic mass is 9.96. The fourth-order valence-corrected chi connectivity index (χ4v) is 2.81. The van der Waals surface area contributed by atoms with Crippen molar-refractivity contribution in [3.8, 4) is 6.07 Å². The van der Waals surface area contributed by atoms with Crippen LogP contribution < -0.4 is 5.32 Å². The van der Waals surface area contributed by atoms with Crippen molar-refractivity contribution in [1.29, 1.82) is 5.26 Å². The Balaban J connectivity index is 1.89. The minimum atomic E-state index is -1.19. The molecule has 116 valence electrons. The Labute approximate surface area is 138 Å². The van der Waals surface area contributed by atoms with Crippen molar-refractivity contribution in [2.75, 3.05) is 11.9 Å². The Morgan fingerprint density at radius 3 is 2.78 bits per heavy atom. The number of aliphatic hydroxyl groups is 1. The minimum Gasteiger partial charge on any atom is -0.384 e. The standard InChI is InChI=1S/C17H15ClN4O/c1-17(23,12-6-2-3-7-13(12)18)11-20-16-14(10-19)22-9-5-4-8-15(22)21-16/h2-9,20,23H,11H2,1H3. The summed E-state index contributed by atoms with van der Waals surface area (Å²) < 4.78 is 1.70. The molecule has 1 aromatic carbocycles. The first-order valence-electron chi connectivity index (χ1n) is 7.11. The largest absolute Gasteiger partial charge is 0.384 e. The molecule has 0 radical (unpaired) electrons. The molecule has 0 spiro atoms. The number of aromatic nitrogens is 2. The fraction of sp³-hybridized carbons (Fsp3) is 0.176. The van der Waals surface area contributed by atoms with Crippen LogP contribution in [0.1, 0.15) is 18.2 Å². The highest BCUT2D eigenvalue weighted by Crippen LogP contribution is 2.28. The van der Waals surface area contributed by atoms with E-state index in [1.807, 2.05) is 30.3 Å². The van der Waals surface area contributed by atoms with Crippen LogP contribution in [0.25, 0.3) is 5.65 Å². The van der Waals surface area contributed by atoms with Gasteiger partial charge in [0.1, 0.15) is 17.3 Å². The maximum Gasteiger partial charge on any atom is 0.168 e. The fourth-order valence-electron chi connectivity index (χ4n) is 2.47. The van der Waals surface area contributed by atoms with Gasteiger partial charge in [0.25, 0.3) is 0 Å². The van der Waals surface area contributed by atoms with Gasteiger partial charge in [0.05, 0.1) is 0 Å². The van der Waals surface area contributed by atoms with Crippen molar-refractivity contribution in [3.63, 3.8) is 0 Å². The van der Waals surface area contributed by atoms with E-state index in [2.05, 4.69) is 16.4 Å². The maximum absolute atomic E-state index is 10.7. The van der Waals surface area contributed by atoms with Crippen LogP contribution in [0.4, 0.5) is 5.82 Å². The molecular formula is C17H15ClN4O. The van der Waals surface area contributed by atoms with Crippen molar-refractivity contribution in [1.82, 2.24) is 9.38 Å². The lowest BCUT2D eigenvalue weighted by Gasteiger charge is -2.25. The highest BCUT2D eigenvalue weighted by atomic mass is 35.5. The Kier molecular flexibility index (Phi) is 3.95. The molecule has 1 atom stereocenters. The quantitative estimate of drug-likeness (QED) is 0.772. The van der Waals surface area contributed by atoms with Gasteiger partial charge in [0, 0.05) is 23.3 Å². The molecule has 2 aromatic heterocycles. The number of nitrogens with one attached hydrogen (secondary N) is 1. The van der Waals surface area contributed by atoms with Crippen LogP contribution in [0, 0.1) is 11.3 Å². The van der Waals surface area contributed by atoms with Crippen molar-refractivity contribution >= 4 is 23.1 Å². The SMILES string of the molecule is CC(O)(CNc1nc2ccccn2c1C#N)c1ccccc1Cl. The lowest BCUT2D eigenvalue weighted by molar-refractivity contribution is 0.0715. The summed E-state index contributed by atoms with van der Waals surface area (Å²) in [5.74, 6) is 0.436. The van der Waals surface area contributed by atoms with E-state index in [0.29, 0.717) is 27.7 Å². The van der Waals surface area contributed by atoms with Gasteiger partial charge in [-0.2, -0.15) is 5.26 Å². The Morgan fingerprint density at radius 2 is 2.04 bits per heavy atom. The van der Waals surface area contributed by atoms with E-state index < -0.39 is 5.60 Å². The highest BCUT2D eigenvalue weighted by molar-refractivity contribution is 6.31. The van der Waals surface area contributed by atoms with Crippen molar-refractivity contribution < 1.29 is 5.11 Å². The molecule has 0 aliphatic carbocycles. The summed E-state index contributed by atoms with van der Waals surface area (Å²) in [4.78, 5) is 4.39. The normalized spacial score (nSPS) is 13.5. The number of pyridine rings is 1. The molecule has 2 N–H and O–H groups in total. The molecule has 5 nitrogen and oxygen atoms in total. The van der Waals surface area contributed by atoms with E-state index in [1.54, 1.807) is 29.7 Å². The second-order valence-electron chi connectivity index (χ2n) is 5.46. The molecule has 3 rings (SSSR count). The van der Waals surface area contributed by atoms with Gasteiger partial charge in [-0.25, -0.2) is 4.98 Å². The molecule has 0 aliphatic rings. The third kappa shape index (κ3) is 2.87. The van der Waals surface area contributed by atoms with Crippen LogP contribution >= 0.6 is 11.6 Å². The van der Waals surface area contributed by atoms with Gasteiger partial charge >= 0.3 is 0 Å². The van der Waals surface area contributed by atoms with Crippen LogP contribution in [-0.4, -0.2) is 21.0 Å². The number of anilines is 1. The molecule has 23 heavy (non-hydrogen) atoms. The summed E-state index contributed by atoms with van der Waals surface area (Å²) in [7, 11) is 0. The number of hydrogen-bond acceptors (Lipinski definition) is 4. The molecule has 3 aromatic rings. The third-order valence-corrected chi connectivity index (χ3v) is 4.02. The number of imidazole rings is 1. The first-order valence-corrected chi connectivity index (χ1v) is 7.49. The molecule has 6 heteroatoms. The van der Waals surface area contributed by atoms with E-state index in [0.717, 1.165) is 0 Å². The molecule has 1 unspecified atom stereocenters. The average Bonchev–Trinajstić information content (AvgIpc) is 2.91. The zero-order valence-corrected chi connectivity index (χ0v) is 13.2. The zero-order chi connectivity index (χ0) is 16.4. The number of hydrogen-bond donors (Lipinski definition) is 2. The first-order chi connectivity index (χ1) is 11.0. The summed E-state index contributed by atoms with van der Waals surface area (Å²) in [5, 5.41) is 23.6. The van der Waals surface area contributed by atoms with E-state index in [4.69, 9.17) is 11.6 Å². The van der Waals surface area contributed by atoms with Crippen LogP contribution in [0.15, 0.2) is 48.7 Å².